The van der Waals surface area contributed by atoms with E-state index in [0.29, 0.717) is 33.9 Å². The Hall–Kier alpha value is -3.38. The predicted molar refractivity (Wildman–Crippen MR) is 115 cm³/mol. The van der Waals surface area contributed by atoms with Gasteiger partial charge in [-0.3, -0.25) is 4.79 Å². The van der Waals surface area contributed by atoms with Crippen LogP contribution in [0.15, 0.2) is 60.9 Å². The average Bonchev–Trinajstić information content (AvgIpc) is 3.44. The molecular weight excluding hydrogens is 400 g/mol. The van der Waals surface area contributed by atoms with E-state index in [2.05, 4.69) is 15.4 Å². The molecule has 1 amide bonds. The van der Waals surface area contributed by atoms with Gasteiger partial charge in [0.1, 0.15) is 5.75 Å². The minimum Gasteiger partial charge on any atom is -0.439 e. The average molecular weight is 419 g/mol. The lowest BCUT2D eigenvalue weighted by Crippen LogP contribution is -2.26. The number of ether oxygens (including phenoxy) is 1. The van der Waals surface area contributed by atoms with E-state index >= 15 is 0 Å². The first-order chi connectivity index (χ1) is 14.6. The van der Waals surface area contributed by atoms with Gasteiger partial charge in [0.25, 0.3) is 5.91 Å². The second-order valence-corrected chi connectivity index (χ2v) is 7.87. The van der Waals surface area contributed by atoms with E-state index in [0.717, 1.165) is 29.5 Å². The maximum atomic E-state index is 12.4. The van der Waals surface area contributed by atoms with Crippen LogP contribution in [0.5, 0.6) is 11.6 Å². The Morgan fingerprint density at radius 3 is 2.83 bits per heavy atom. The number of halogens is 1. The molecule has 0 saturated heterocycles. The number of hydrogen-bond donors (Lipinski definition) is 1. The lowest BCUT2D eigenvalue weighted by atomic mass is 10.0. The topological polar surface area (TPSA) is 68.5 Å². The first-order valence-corrected chi connectivity index (χ1v) is 10.1. The van der Waals surface area contributed by atoms with Crippen LogP contribution in [0.25, 0.3) is 16.8 Å². The molecule has 0 aliphatic heterocycles. The molecule has 150 valence electrons. The molecule has 4 aromatic rings. The molecule has 1 aliphatic carbocycles. The Bertz CT molecular complexity index is 1260. The van der Waals surface area contributed by atoms with Crippen molar-refractivity contribution in [2.75, 3.05) is 0 Å². The summed E-state index contributed by atoms with van der Waals surface area (Å²) >= 11 is 6.03. The Kier molecular flexibility index (Phi) is 4.64. The monoisotopic (exact) mass is 418 g/mol. The summed E-state index contributed by atoms with van der Waals surface area (Å²) in [4.78, 5) is 17.0. The Balaban J connectivity index is 1.46. The van der Waals surface area contributed by atoms with Crippen molar-refractivity contribution in [1.29, 1.82) is 0 Å². The highest BCUT2D eigenvalue weighted by molar-refractivity contribution is 6.30. The van der Waals surface area contributed by atoms with E-state index in [1.54, 1.807) is 35.1 Å². The highest BCUT2D eigenvalue weighted by Crippen LogP contribution is 2.29. The highest BCUT2D eigenvalue weighted by atomic mass is 35.5. The largest absolute Gasteiger partial charge is 0.439 e. The van der Waals surface area contributed by atoms with Gasteiger partial charge in [0, 0.05) is 34.5 Å². The van der Waals surface area contributed by atoms with E-state index in [-0.39, 0.29) is 5.91 Å². The van der Waals surface area contributed by atoms with Crippen LogP contribution in [0.2, 0.25) is 5.02 Å². The van der Waals surface area contributed by atoms with Gasteiger partial charge in [-0.15, -0.1) is 0 Å². The van der Waals surface area contributed by atoms with E-state index in [9.17, 15) is 4.79 Å². The Morgan fingerprint density at radius 2 is 2.07 bits per heavy atom. The predicted octanol–water partition coefficient (Wildman–Crippen LogP) is 5.04. The van der Waals surface area contributed by atoms with Gasteiger partial charge in [0.05, 0.1) is 6.20 Å². The van der Waals surface area contributed by atoms with E-state index < -0.39 is 0 Å². The fourth-order valence-corrected chi connectivity index (χ4v) is 3.52. The molecule has 0 atom stereocenters. The normalized spacial score (nSPS) is 13.4. The van der Waals surface area contributed by atoms with Gasteiger partial charge in [-0.2, -0.15) is 10.1 Å². The molecule has 5 rings (SSSR count). The SMILES string of the molecule is Cc1cc(-c2cnn3ccc(Oc4cccc(Cl)c4)nc23)ccc1C(=O)NC1CC1. The van der Waals surface area contributed by atoms with Crippen LogP contribution in [0.1, 0.15) is 28.8 Å². The van der Waals surface area contributed by atoms with Gasteiger partial charge in [0.15, 0.2) is 5.65 Å². The molecule has 6 nitrogen and oxygen atoms in total. The van der Waals surface area contributed by atoms with Crippen molar-refractivity contribution in [2.45, 2.75) is 25.8 Å². The summed E-state index contributed by atoms with van der Waals surface area (Å²) in [7, 11) is 0. The molecule has 1 N–H and O–H groups in total. The number of aromatic nitrogens is 3. The molecule has 1 saturated carbocycles. The molecule has 1 aliphatic rings. The number of rotatable bonds is 5. The van der Waals surface area contributed by atoms with Crippen molar-refractivity contribution in [3.8, 4) is 22.8 Å². The van der Waals surface area contributed by atoms with Crippen molar-refractivity contribution in [2.24, 2.45) is 0 Å². The number of nitrogens with one attached hydrogen (secondary N) is 1. The van der Waals surface area contributed by atoms with Crippen LogP contribution in [0.3, 0.4) is 0 Å². The summed E-state index contributed by atoms with van der Waals surface area (Å²) in [5.74, 6) is 1.04. The zero-order chi connectivity index (χ0) is 20.7. The van der Waals surface area contributed by atoms with Crippen molar-refractivity contribution in [1.82, 2.24) is 19.9 Å². The van der Waals surface area contributed by atoms with Crippen molar-refractivity contribution < 1.29 is 9.53 Å². The second kappa shape index (κ2) is 7.46. The molecule has 7 heteroatoms. The van der Waals surface area contributed by atoms with Crippen LogP contribution < -0.4 is 10.1 Å². The van der Waals surface area contributed by atoms with Crippen LogP contribution in [0, 0.1) is 6.92 Å². The molecule has 2 heterocycles. The van der Waals surface area contributed by atoms with E-state index in [1.807, 2.05) is 37.3 Å². The summed E-state index contributed by atoms with van der Waals surface area (Å²) in [6.07, 6.45) is 5.70. The summed E-state index contributed by atoms with van der Waals surface area (Å²) < 4.78 is 7.55. The fraction of sp³-hybridized carbons (Fsp3) is 0.174. The maximum absolute atomic E-state index is 12.4. The molecule has 0 bridgehead atoms. The first kappa shape index (κ1) is 18.6. The van der Waals surface area contributed by atoms with Crippen LogP contribution in [-0.2, 0) is 0 Å². The quantitative estimate of drug-likeness (QED) is 0.492. The van der Waals surface area contributed by atoms with Crippen LogP contribution >= 0.6 is 11.6 Å². The van der Waals surface area contributed by atoms with Crippen LogP contribution in [0.4, 0.5) is 0 Å². The number of hydrogen-bond acceptors (Lipinski definition) is 4. The van der Waals surface area contributed by atoms with Gasteiger partial charge in [-0.25, -0.2) is 4.52 Å². The molecule has 1 fully saturated rings. The number of nitrogens with zero attached hydrogens (tertiary/aromatic N) is 3. The molecule has 0 unspecified atom stereocenters. The molecule has 2 aromatic heterocycles. The summed E-state index contributed by atoms with van der Waals surface area (Å²) in [5.41, 5.74) is 4.09. The van der Waals surface area contributed by atoms with Gasteiger partial charge in [0.2, 0.25) is 5.88 Å². The van der Waals surface area contributed by atoms with E-state index in [4.69, 9.17) is 16.3 Å². The summed E-state index contributed by atoms with van der Waals surface area (Å²) in [6.45, 7) is 1.94. The lowest BCUT2D eigenvalue weighted by Gasteiger charge is -2.09. The number of amides is 1. The molecule has 0 radical (unpaired) electrons. The third-order valence-corrected chi connectivity index (χ3v) is 5.29. The first-order valence-electron chi connectivity index (χ1n) is 9.76. The standard InChI is InChI=1S/C23H19ClN4O2/c1-14-11-15(5-8-19(14)23(29)26-17-6-7-17)20-13-25-28-10-9-21(27-22(20)28)30-18-4-2-3-16(24)12-18/h2-5,8-13,17H,6-7H2,1H3,(H,26,29). The smallest absolute Gasteiger partial charge is 0.251 e. The second-order valence-electron chi connectivity index (χ2n) is 7.43. The molecule has 0 spiro atoms. The number of carbonyl (C=O) groups is 1. The Morgan fingerprint density at radius 1 is 1.20 bits per heavy atom. The van der Waals surface area contributed by atoms with Gasteiger partial charge in [-0.1, -0.05) is 29.8 Å². The van der Waals surface area contributed by atoms with Crippen molar-refractivity contribution in [3.63, 3.8) is 0 Å². The van der Waals surface area contributed by atoms with Crippen molar-refractivity contribution >= 4 is 23.2 Å². The zero-order valence-corrected chi connectivity index (χ0v) is 17.1. The highest BCUT2D eigenvalue weighted by Gasteiger charge is 2.24. The summed E-state index contributed by atoms with van der Waals surface area (Å²) in [5, 5.41) is 8.02. The Labute approximate surface area is 178 Å². The number of benzene rings is 2. The lowest BCUT2D eigenvalue weighted by molar-refractivity contribution is 0.0950. The van der Waals surface area contributed by atoms with Gasteiger partial charge >= 0.3 is 0 Å². The minimum atomic E-state index is -0.0169. The van der Waals surface area contributed by atoms with E-state index in [1.165, 1.54) is 0 Å². The number of carbonyl (C=O) groups excluding carboxylic acids is 1. The molecular formula is C23H19ClN4O2. The third kappa shape index (κ3) is 3.74. The third-order valence-electron chi connectivity index (χ3n) is 5.06. The number of aryl methyl sites for hydroxylation is 1. The minimum absolute atomic E-state index is 0.0169. The van der Waals surface area contributed by atoms with Crippen molar-refractivity contribution in [3.05, 3.63) is 77.1 Å². The maximum Gasteiger partial charge on any atom is 0.251 e. The van der Waals surface area contributed by atoms with Gasteiger partial charge in [-0.05, 0) is 55.2 Å². The molecule has 2 aromatic carbocycles. The fourth-order valence-electron chi connectivity index (χ4n) is 3.34. The molecule has 30 heavy (non-hydrogen) atoms. The van der Waals surface area contributed by atoms with Gasteiger partial charge < -0.3 is 10.1 Å². The van der Waals surface area contributed by atoms with Crippen LogP contribution in [-0.4, -0.2) is 26.5 Å². The number of fused-ring (bicyclic) bond motifs is 1. The zero-order valence-electron chi connectivity index (χ0n) is 16.3. The summed E-state index contributed by atoms with van der Waals surface area (Å²) in [6, 6.07) is 15.0.